The van der Waals surface area contributed by atoms with E-state index in [1.807, 2.05) is 16.7 Å². The number of aromatic nitrogens is 1. The van der Waals surface area contributed by atoms with Crippen LogP contribution in [0.1, 0.15) is 61.5 Å². The third kappa shape index (κ3) is 3.52. The molecule has 29 heavy (non-hydrogen) atoms. The quantitative estimate of drug-likeness (QED) is 0.814. The molecule has 6 nitrogen and oxygen atoms in total. The van der Waals surface area contributed by atoms with Crippen LogP contribution in [0.15, 0.2) is 29.2 Å². The van der Waals surface area contributed by atoms with Crippen LogP contribution in [-0.2, 0) is 6.42 Å². The second-order valence-corrected chi connectivity index (χ2v) is 8.35. The second kappa shape index (κ2) is 7.58. The summed E-state index contributed by atoms with van der Waals surface area (Å²) in [4.78, 5) is 23.9. The van der Waals surface area contributed by atoms with Gasteiger partial charge in [-0.3, -0.25) is 4.79 Å². The van der Waals surface area contributed by atoms with E-state index in [4.69, 9.17) is 9.47 Å². The van der Waals surface area contributed by atoms with E-state index in [2.05, 4.69) is 13.8 Å². The van der Waals surface area contributed by atoms with E-state index in [1.54, 1.807) is 7.11 Å². The van der Waals surface area contributed by atoms with Crippen LogP contribution in [0.4, 0.5) is 0 Å². The van der Waals surface area contributed by atoms with Crippen molar-refractivity contribution < 1.29 is 19.4 Å². The minimum atomic E-state index is -1.20. The first-order chi connectivity index (χ1) is 13.9. The molecule has 1 atom stereocenters. The lowest BCUT2D eigenvalue weighted by Crippen LogP contribution is -2.28. The summed E-state index contributed by atoms with van der Waals surface area (Å²) in [5, 5.41) is 9.39. The van der Waals surface area contributed by atoms with Gasteiger partial charge in [-0.25, -0.2) is 4.79 Å². The first-order valence-corrected chi connectivity index (χ1v) is 10.3. The van der Waals surface area contributed by atoms with Gasteiger partial charge < -0.3 is 19.1 Å². The van der Waals surface area contributed by atoms with Crippen molar-refractivity contribution in [1.29, 1.82) is 0 Å². The maximum absolute atomic E-state index is 12.4. The third-order valence-electron chi connectivity index (χ3n) is 6.13. The number of nitrogens with zero attached hydrogens (tertiary/aromatic N) is 1. The van der Waals surface area contributed by atoms with Crippen LogP contribution in [0.25, 0.3) is 11.3 Å². The molecule has 1 fully saturated rings. The number of benzene rings is 1. The molecule has 2 aromatic rings. The smallest absolute Gasteiger partial charge is 0.341 e. The van der Waals surface area contributed by atoms with Gasteiger partial charge in [0.1, 0.15) is 5.56 Å². The lowest BCUT2D eigenvalue weighted by atomic mass is 9.87. The van der Waals surface area contributed by atoms with E-state index >= 15 is 0 Å². The molecule has 1 aromatic heterocycles. The average molecular weight is 397 g/mol. The van der Waals surface area contributed by atoms with E-state index in [9.17, 15) is 14.7 Å². The summed E-state index contributed by atoms with van der Waals surface area (Å²) >= 11 is 0. The molecule has 0 radical (unpaired) electrons. The number of carboxylic acid groups (broad SMARTS) is 1. The molecule has 2 heterocycles. The standard InChI is InChI=1S/C23H27NO5/c1-13(2)18-8-14-9-22(29-15-6-4-5-7-15)21(28-3)10-16(14)19-11-20(25)17(23(26)27)12-24(18)19/h9-13,15,18H,4-8H2,1-3H3,(H,26,27). The zero-order chi connectivity index (χ0) is 20.7. The van der Waals surface area contributed by atoms with Gasteiger partial charge in [0.25, 0.3) is 0 Å². The largest absolute Gasteiger partial charge is 0.493 e. The monoisotopic (exact) mass is 397 g/mol. The van der Waals surface area contributed by atoms with Crippen LogP contribution in [0.3, 0.4) is 0 Å². The Balaban J connectivity index is 1.86. The van der Waals surface area contributed by atoms with Gasteiger partial charge in [-0.15, -0.1) is 0 Å². The molecule has 0 bridgehead atoms. The SMILES string of the molecule is COc1cc2c(cc1OC1CCCC1)CC(C(C)C)n1cc(C(=O)O)c(=O)cc1-2. The van der Waals surface area contributed by atoms with Crippen molar-refractivity contribution in [2.45, 2.75) is 58.1 Å². The fourth-order valence-corrected chi connectivity index (χ4v) is 4.53. The Labute approximate surface area is 170 Å². The number of methoxy groups -OCH3 is 1. The van der Waals surface area contributed by atoms with E-state index < -0.39 is 11.4 Å². The van der Waals surface area contributed by atoms with Gasteiger partial charge in [0.2, 0.25) is 0 Å². The lowest BCUT2D eigenvalue weighted by Gasteiger charge is -2.34. The first kappa shape index (κ1) is 19.6. The number of carboxylic acids is 1. The predicted molar refractivity (Wildman–Crippen MR) is 110 cm³/mol. The van der Waals surface area contributed by atoms with E-state index in [0.29, 0.717) is 5.75 Å². The maximum atomic E-state index is 12.4. The molecule has 1 saturated carbocycles. The normalized spacial score (nSPS) is 18.4. The molecule has 1 aliphatic carbocycles. The Morgan fingerprint density at radius 1 is 1.17 bits per heavy atom. The van der Waals surface area contributed by atoms with Crippen molar-refractivity contribution in [3.05, 3.63) is 45.7 Å². The van der Waals surface area contributed by atoms with Gasteiger partial charge in [0.15, 0.2) is 16.9 Å². The summed E-state index contributed by atoms with van der Waals surface area (Å²) in [5.41, 5.74) is 2.04. The third-order valence-corrected chi connectivity index (χ3v) is 6.13. The highest BCUT2D eigenvalue weighted by Gasteiger charge is 2.30. The average Bonchev–Trinajstić information content (AvgIpc) is 3.19. The van der Waals surface area contributed by atoms with E-state index in [1.165, 1.54) is 25.1 Å². The van der Waals surface area contributed by atoms with Crippen LogP contribution < -0.4 is 14.9 Å². The number of fused-ring (bicyclic) bond motifs is 3. The molecule has 1 unspecified atom stereocenters. The highest BCUT2D eigenvalue weighted by atomic mass is 16.5. The summed E-state index contributed by atoms with van der Waals surface area (Å²) in [6.45, 7) is 4.22. The maximum Gasteiger partial charge on any atom is 0.341 e. The number of hydrogen-bond acceptors (Lipinski definition) is 4. The van der Waals surface area contributed by atoms with Crippen LogP contribution >= 0.6 is 0 Å². The lowest BCUT2D eigenvalue weighted by molar-refractivity contribution is 0.0694. The molecule has 4 rings (SSSR count). The molecular formula is C23H27NO5. The Hall–Kier alpha value is -2.76. The predicted octanol–water partition coefficient (Wildman–Crippen LogP) is 4.30. The molecule has 1 aliphatic heterocycles. The zero-order valence-electron chi connectivity index (χ0n) is 17.1. The molecular weight excluding hydrogens is 370 g/mol. The van der Waals surface area contributed by atoms with Crippen molar-refractivity contribution >= 4 is 5.97 Å². The number of ether oxygens (including phenoxy) is 2. The number of aromatic carboxylic acids is 1. The highest BCUT2D eigenvalue weighted by molar-refractivity contribution is 5.88. The fraction of sp³-hybridized carbons (Fsp3) is 0.478. The zero-order valence-corrected chi connectivity index (χ0v) is 17.1. The van der Waals surface area contributed by atoms with E-state index in [0.717, 1.165) is 41.8 Å². The molecule has 1 N–H and O–H groups in total. The Bertz CT molecular complexity index is 1000. The van der Waals surface area contributed by atoms with Crippen molar-refractivity contribution in [3.8, 4) is 22.8 Å². The summed E-state index contributed by atoms with van der Waals surface area (Å²) in [5.74, 6) is 0.461. The topological polar surface area (TPSA) is 77.8 Å². The second-order valence-electron chi connectivity index (χ2n) is 8.35. The van der Waals surface area contributed by atoms with Gasteiger partial charge in [-0.1, -0.05) is 13.8 Å². The minimum absolute atomic E-state index is 0.0592. The van der Waals surface area contributed by atoms with Crippen molar-refractivity contribution in [2.75, 3.05) is 7.11 Å². The molecule has 2 aliphatic rings. The number of rotatable bonds is 5. The summed E-state index contributed by atoms with van der Waals surface area (Å²) < 4.78 is 13.8. The summed E-state index contributed by atoms with van der Waals surface area (Å²) in [6.07, 6.45) is 6.96. The van der Waals surface area contributed by atoms with Crippen molar-refractivity contribution in [1.82, 2.24) is 4.57 Å². The number of carbonyl (C=O) groups is 1. The Morgan fingerprint density at radius 3 is 2.52 bits per heavy atom. The van der Waals surface area contributed by atoms with Crippen LogP contribution in [0.5, 0.6) is 11.5 Å². The van der Waals surface area contributed by atoms with Gasteiger partial charge in [-0.2, -0.15) is 0 Å². The molecule has 6 heteroatoms. The molecule has 0 spiro atoms. The van der Waals surface area contributed by atoms with Crippen molar-refractivity contribution in [2.24, 2.45) is 5.92 Å². The van der Waals surface area contributed by atoms with Gasteiger partial charge in [-0.05, 0) is 55.7 Å². The van der Waals surface area contributed by atoms with Crippen LogP contribution in [0, 0.1) is 5.92 Å². The molecule has 154 valence electrons. The van der Waals surface area contributed by atoms with E-state index in [-0.39, 0.29) is 23.6 Å². The molecule has 0 saturated heterocycles. The fourth-order valence-electron chi connectivity index (χ4n) is 4.53. The Morgan fingerprint density at radius 2 is 1.90 bits per heavy atom. The van der Waals surface area contributed by atoms with Gasteiger partial charge >= 0.3 is 5.97 Å². The minimum Gasteiger partial charge on any atom is -0.493 e. The van der Waals surface area contributed by atoms with Crippen molar-refractivity contribution in [3.63, 3.8) is 0 Å². The van der Waals surface area contributed by atoms with Gasteiger partial charge in [0.05, 0.1) is 18.9 Å². The van der Waals surface area contributed by atoms with Gasteiger partial charge in [0, 0.05) is 23.9 Å². The van der Waals surface area contributed by atoms with Crippen LogP contribution in [0.2, 0.25) is 0 Å². The molecule has 1 aromatic carbocycles. The van der Waals surface area contributed by atoms with Crippen LogP contribution in [-0.4, -0.2) is 28.9 Å². The highest BCUT2D eigenvalue weighted by Crippen LogP contribution is 2.43. The number of hydrogen-bond donors (Lipinski definition) is 1. The summed E-state index contributed by atoms with van der Waals surface area (Å²) in [7, 11) is 1.61. The molecule has 0 amide bonds. The summed E-state index contributed by atoms with van der Waals surface area (Å²) in [6, 6.07) is 5.46. The number of pyridine rings is 1. The first-order valence-electron chi connectivity index (χ1n) is 10.3. The Kier molecular flexibility index (Phi) is 5.11.